The minimum atomic E-state index is -1.25. The van der Waals surface area contributed by atoms with Crippen molar-refractivity contribution < 1.29 is 19.4 Å². The number of benzene rings is 1. The van der Waals surface area contributed by atoms with Crippen LogP contribution < -0.4 is 5.32 Å². The van der Waals surface area contributed by atoms with E-state index in [9.17, 15) is 9.18 Å². The van der Waals surface area contributed by atoms with Crippen LogP contribution in [-0.4, -0.2) is 29.0 Å². The number of hydrogen-bond acceptors (Lipinski definition) is 3. The molecule has 0 saturated heterocycles. The Morgan fingerprint density at radius 1 is 1.61 bits per heavy atom. The summed E-state index contributed by atoms with van der Waals surface area (Å²) in [4.78, 5) is 10.5. The Bertz CT molecular complexity index is 497. The fourth-order valence-corrected chi connectivity index (χ4v) is 1.63. The molecular formula is C12H13FN2O3. The SMILES string of the molecule is Cc1cc(C#N)c(F)cc1CC(CO)NC(=O)O. The summed E-state index contributed by atoms with van der Waals surface area (Å²) in [6.45, 7) is 1.32. The summed E-state index contributed by atoms with van der Waals surface area (Å²) in [5.41, 5.74) is 1.18. The van der Waals surface area contributed by atoms with Crippen molar-refractivity contribution in [1.82, 2.24) is 5.32 Å². The van der Waals surface area contributed by atoms with Crippen molar-refractivity contribution in [2.75, 3.05) is 6.61 Å². The minimum absolute atomic E-state index is 0.0528. The number of aliphatic hydroxyl groups excluding tert-OH is 1. The summed E-state index contributed by atoms with van der Waals surface area (Å²) in [6.07, 6.45) is -1.09. The molecule has 0 bridgehead atoms. The Morgan fingerprint density at radius 3 is 2.78 bits per heavy atom. The molecule has 6 heteroatoms. The van der Waals surface area contributed by atoms with Gasteiger partial charge in [0.15, 0.2) is 0 Å². The third-order valence-electron chi connectivity index (χ3n) is 2.56. The number of carboxylic acid groups (broad SMARTS) is 1. The van der Waals surface area contributed by atoms with Crippen LogP contribution in [0, 0.1) is 24.1 Å². The third-order valence-corrected chi connectivity index (χ3v) is 2.56. The lowest BCUT2D eigenvalue weighted by Crippen LogP contribution is -2.38. The normalized spacial score (nSPS) is 11.7. The van der Waals surface area contributed by atoms with Gasteiger partial charge in [-0.05, 0) is 36.6 Å². The number of halogens is 1. The van der Waals surface area contributed by atoms with Crippen LogP contribution in [-0.2, 0) is 6.42 Å². The monoisotopic (exact) mass is 252 g/mol. The molecule has 1 rings (SSSR count). The second kappa shape index (κ2) is 5.98. The van der Waals surface area contributed by atoms with Crippen LogP contribution in [0.1, 0.15) is 16.7 Å². The molecule has 96 valence electrons. The van der Waals surface area contributed by atoms with Gasteiger partial charge in [-0.1, -0.05) is 0 Å². The zero-order valence-corrected chi connectivity index (χ0v) is 9.77. The van der Waals surface area contributed by atoms with E-state index in [0.29, 0.717) is 11.1 Å². The zero-order valence-electron chi connectivity index (χ0n) is 9.77. The first kappa shape index (κ1) is 13.9. The molecule has 1 aromatic carbocycles. The highest BCUT2D eigenvalue weighted by Gasteiger charge is 2.14. The van der Waals surface area contributed by atoms with Crippen LogP contribution in [0.5, 0.6) is 0 Å². The number of nitrogens with one attached hydrogen (secondary N) is 1. The third kappa shape index (κ3) is 3.43. The molecule has 0 aliphatic rings. The first-order valence-corrected chi connectivity index (χ1v) is 5.27. The number of nitrogens with zero attached hydrogens (tertiary/aromatic N) is 1. The van der Waals surface area contributed by atoms with Crippen LogP contribution in [0.4, 0.5) is 9.18 Å². The van der Waals surface area contributed by atoms with Crippen LogP contribution in [0.2, 0.25) is 0 Å². The summed E-state index contributed by atoms with van der Waals surface area (Å²) in [7, 11) is 0. The smallest absolute Gasteiger partial charge is 0.404 e. The van der Waals surface area contributed by atoms with Crippen LogP contribution in [0.15, 0.2) is 12.1 Å². The standard InChI is InChI=1S/C12H13FN2O3/c1-7-2-9(5-14)11(13)4-8(7)3-10(6-16)15-12(17)18/h2,4,10,15-16H,3,6H2,1H3,(H,17,18). The van der Waals surface area contributed by atoms with Crippen molar-refractivity contribution in [3.8, 4) is 6.07 Å². The molecule has 0 aliphatic carbocycles. The molecular weight excluding hydrogens is 239 g/mol. The molecule has 0 aliphatic heterocycles. The van der Waals surface area contributed by atoms with Gasteiger partial charge in [-0.15, -0.1) is 0 Å². The van der Waals surface area contributed by atoms with Crippen molar-refractivity contribution in [2.24, 2.45) is 0 Å². The van der Waals surface area contributed by atoms with E-state index >= 15 is 0 Å². The molecule has 1 unspecified atom stereocenters. The minimum Gasteiger partial charge on any atom is -0.465 e. The number of hydrogen-bond donors (Lipinski definition) is 3. The Hall–Kier alpha value is -2.13. The molecule has 0 saturated carbocycles. The molecule has 0 heterocycles. The number of carbonyl (C=O) groups is 1. The van der Waals surface area contributed by atoms with Gasteiger partial charge in [0.1, 0.15) is 11.9 Å². The maximum Gasteiger partial charge on any atom is 0.404 e. The van der Waals surface area contributed by atoms with Crippen molar-refractivity contribution in [1.29, 1.82) is 5.26 Å². The number of nitriles is 1. The Balaban J connectivity index is 2.94. The van der Waals surface area contributed by atoms with Crippen LogP contribution >= 0.6 is 0 Å². The van der Waals surface area contributed by atoms with Gasteiger partial charge in [0, 0.05) is 0 Å². The van der Waals surface area contributed by atoms with Crippen molar-refractivity contribution >= 4 is 6.09 Å². The highest BCUT2D eigenvalue weighted by atomic mass is 19.1. The maximum absolute atomic E-state index is 13.4. The lowest BCUT2D eigenvalue weighted by molar-refractivity contribution is 0.177. The highest BCUT2D eigenvalue weighted by molar-refractivity contribution is 5.64. The fraction of sp³-hybridized carbons (Fsp3) is 0.333. The zero-order chi connectivity index (χ0) is 13.7. The summed E-state index contributed by atoms with van der Waals surface area (Å²) in [6, 6.07) is 3.63. The summed E-state index contributed by atoms with van der Waals surface area (Å²) < 4.78 is 13.4. The molecule has 1 amide bonds. The Labute approximate surface area is 103 Å². The van der Waals surface area contributed by atoms with E-state index in [2.05, 4.69) is 5.32 Å². The lowest BCUT2D eigenvalue weighted by atomic mass is 9.99. The van der Waals surface area contributed by atoms with Gasteiger partial charge < -0.3 is 15.5 Å². The second-order valence-electron chi connectivity index (χ2n) is 3.90. The van der Waals surface area contributed by atoms with Gasteiger partial charge in [0.25, 0.3) is 0 Å². The van der Waals surface area contributed by atoms with Gasteiger partial charge in [-0.25, -0.2) is 9.18 Å². The van der Waals surface area contributed by atoms with Gasteiger partial charge in [0.2, 0.25) is 0 Å². The largest absolute Gasteiger partial charge is 0.465 e. The first-order valence-electron chi connectivity index (χ1n) is 5.27. The number of aliphatic hydroxyl groups is 1. The summed E-state index contributed by atoms with van der Waals surface area (Å²) in [5, 5.41) is 28.4. The quantitative estimate of drug-likeness (QED) is 0.750. The second-order valence-corrected chi connectivity index (χ2v) is 3.90. The van der Waals surface area contributed by atoms with Gasteiger partial charge >= 0.3 is 6.09 Å². The van der Waals surface area contributed by atoms with Crippen LogP contribution in [0.3, 0.4) is 0 Å². The predicted molar refractivity (Wildman–Crippen MR) is 61.6 cm³/mol. The average Bonchev–Trinajstić information content (AvgIpc) is 2.31. The van der Waals surface area contributed by atoms with E-state index in [1.54, 1.807) is 13.0 Å². The summed E-state index contributed by atoms with van der Waals surface area (Å²) >= 11 is 0. The van der Waals surface area contributed by atoms with E-state index in [0.717, 1.165) is 0 Å². The highest BCUT2D eigenvalue weighted by Crippen LogP contribution is 2.16. The molecule has 3 N–H and O–H groups in total. The Kier molecular flexibility index (Phi) is 4.63. The number of amides is 1. The summed E-state index contributed by atoms with van der Waals surface area (Å²) in [5.74, 6) is -0.648. The molecule has 0 radical (unpaired) electrons. The van der Waals surface area contributed by atoms with Crippen LogP contribution in [0.25, 0.3) is 0 Å². The van der Waals surface area contributed by atoms with Gasteiger partial charge in [-0.3, -0.25) is 0 Å². The average molecular weight is 252 g/mol. The number of rotatable bonds is 4. The first-order chi connectivity index (χ1) is 8.47. The predicted octanol–water partition coefficient (Wildman–Crippen LogP) is 1.18. The molecule has 18 heavy (non-hydrogen) atoms. The van der Waals surface area contributed by atoms with Gasteiger partial charge in [-0.2, -0.15) is 5.26 Å². The van der Waals surface area contributed by atoms with Crippen molar-refractivity contribution in [2.45, 2.75) is 19.4 Å². The van der Waals surface area contributed by atoms with Crippen molar-refractivity contribution in [3.63, 3.8) is 0 Å². The van der Waals surface area contributed by atoms with E-state index < -0.39 is 18.0 Å². The van der Waals surface area contributed by atoms with Gasteiger partial charge in [0.05, 0.1) is 18.2 Å². The molecule has 1 atom stereocenters. The van der Waals surface area contributed by atoms with E-state index in [-0.39, 0.29) is 18.6 Å². The maximum atomic E-state index is 13.4. The van der Waals surface area contributed by atoms with E-state index in [4.69, 9.17) is 15.5 Å². The topological polar surface area (TPSA) is 93.4 Å². The Morgan fingerprint density at radius 2 is 2.28 bits per heavy atom. The molecule has 0 fully saturated rings. The fourth-order valence-electron chi connectivity index (χ4n) is 1.63. The van der Waals surface area contributed by atoms with E-state index in [1.165, 1.54) is 12.1 Å². The molecule has 0 spiro atoms. The lowest BCUT2D eigenvalue weighted by Gasteiger charge is -2.15. The van der Waals surface area contributed by atoms with E-state index in [1.807, 2.05) is 0 Å². The van der Waals surface area contributed by atoms with Crippen molar-refractivity contribution in [3.05, 3.63) is 34.6 Å². The molecule has 0 aromatic heterocycles. The number of aryl methyl sites for hydroxylation is 1. The molecule has 5 nitrogen and oxygen atoms in total. The molecule has 1 aromatic rings.